The molecule has 170 valence electrons. The van der Waals surface area contributed by atoms with E-state index in [-0.39, 0.29) is 0 Å². The van der Waals surface area contributed by atoms with E-state index in [9.17, 15) is 0 Å². The normalized spacial score (nSPS) is 28.4. The molecule has 0 radical (unpaired) electrons. The Bertz CT molecular complexity index is 817. The maximum atomic E-state index is 6.61. The zero-order chi connectivity index (χ0) is 21.2. The first-order chi connectivity index (χ1) is 15.2. The molecule has 3 aliphatic carbocycles. The van der Waals surface area contributed by atoms with Gasteiger partial charge in [0.05, 0.1) is 17.6 Å². The van der Waals surface area contributed by atoms with Gasteiger partial charge in [-0.25, -0.2) is 4.98 Å². The minimum absolute atomic E-state index is 0.319. The molecule has 0 aromatic carbocycles. The van der Waals surface area contributed by atoms with Crippen molar-refractivity contribution in [3.63, 3.8) is 0 Å². The van der Waals surface area contributed by atoms with Crippen LogP contribution in [-0.4, -0.2) is 29.3 Å². The molecule has 0 aromatic heterocycles. The summed E-state index contributed by atoms with van der Waals surface area (Å²) in [5.74, 6) is 4.24. The van der Waals surface area contributed by atoms with Crippen LogP contribution in [0.2, 0.25) is 0 Å². The summed E-state index contributed by atoms with van der Waals surface area (Å²) >= 11 is 0. The molecule has 2 fully saturated rings. The Kier molecular flexibility index (Phi) is 6.54. The van der Waals surface area contributed by atoms with Crippen molar-refractivity contribution in [2.75, 3.05) is 13.2 Å². The molecule has 4 nitrogen and oxygen atoms in total. The number of fused-ring (bicyclic) bond motifs is 3. The summed E-state index contributed by atoms with van der Waals surface area (Å²) in [6, 6.07) is 2.36. The van der Waals surface area contributed by atoms with Crippen LogP contribution in [0.25, 0.3) is 11.3 Å². The third-order valence-corrected chi connectivity index (χ3v) is 8.57. The second kappa shape index (κ2) is 9.52. The summed E-state index contributed by atoms with van der Waals surface area (Å²) in [6.45, 7) is 6.64. The van der Waals surface area contributed by atoms with Gasteiger partial charge in [-0.1, -0.05) is 20.3 Å². The molecule has 0 spiro atoms. The Balaban J connectivity index is 1.27. The van der Waals surface area contributed by atoms with Gasteiger partial charge in [0.1, 0.15) is 6.10 Å². The molecule has 1 saturated carbocycles. The van der Waals surface area contributed by atoms with Crippen LogP contribution in [0.15, 0.2) is 12.4 Å². The molecule has 2 aliphatic heterocycles. The SMILES string of the molecule is CCC(C)C[C@@H]1CCc2cc3[nH]cnc(OC4CCC(C5CCOCC5)CC4)c-3c2C1. The summed E-state index contributed by atoms with van der Waals surface area (Å²) in [4.78, 5) is 8.10. The third-order valence-electron chi connectivity index (χ3n) is 8.57. The van der Waals surface area contributed by atoms with Crippen molar-refractivity contribution in [1.29, 1.82) is 0 Å². The second-order valence-corrected chi connectivity index (χ2v) is 10.6. The lowest BCUT2D eigenvalue weighted by molar-refractivity contribution is 0.0269. The number of aryl methyl sites for hydroxylation is 1. The number of rotatable bonds is 6. The lowest BCUT2D eigenvalue weighted by Crippen LogP contribution is -2.31. The number of hydrogen-bond acceptors (Lipinski definition) is 3. The smallest absolute Gasteiger partial charge is 0.224 e. The van der Waals surface area contributed by atoms with Gasteiger partial charge in [0.25, 0.3) is 0 Å². The average molecular weight is 425 g/mol. The molecular formula is C27H40N2O2. The lowest BCUT2D eigenvalue weighted by atomic mass is 9.76. The van der Waals surface area contributed by atoms with Crippen molar-refractivity contribution in [3.8, 4) is 17.1 Å². The lowest BCUT2D eigenvalue weighted by Gasteiger charge is -2.35. The summed E-state index contributed by atoms with van der Waals surface area (Å²) < 4.78 is 12.2. The zero-order valence-corrected chi connectivity index (χ0v) is 19.5. The first kappa shape index (κ1) is 21.3. The van der Waals surface area contributed by atoms with E-state index < -0.39 is 0 Å². The highest BCUT2D eigenvalue weighted by Gasteiger charge is 2.32. The van der Waals surface area contributed by atoms with Gasteiger partial charge in [-0.15, -0.1) is 0 Å². The molecular weight excluding hydrogens is 384 g/mol. The number of ether oxygens (including phenoxy) is 2. The monoisotopic (exact) mass is 424 g/mol. The van der Waals surface area contributed by atoms with Crippen molar-refractivity contribution in [2.24, 2.45) is 23.7 Å². The summed E-state index contributed by atoms with van der Waals surface area (Å²) in [5, 5.41) is 0. The summed E-state index contributed by atoms with van der Waals surface area (Å²) in [7, 11) is 0. The van der Waals surface area contributed by atoms with Gasteiger partial charge >= 0.3 is 0 Å². The Morgan fingerprint density at radius 1 is 1.10 bits per heavy atom. The fourth-order valence-electron chi connectivity index (χ4n) is 6.50. The second-order valence-electron chi connectivity index (χ2n) is 10.6. The number of H-pyrrole nitrogens is 1. The molecule has 2 atom stereocenters. The van der Waals surface area contributed by atoms with Crippen LogP contribution in [0.3, 0.4) is 0 Å². The molecule has 2 heterocycles. The minimum atomic E-state index is 0.319. The van der Waals surface area contributed by atoms with E-state index in [1.54, 1.807) is 0 Å². The summed E-state index contributed by atoms with van der Waals surface area (Å²) in [5.41, 5.74) is 5.53. The molecule has 1 saturated heterocycles. The van der Waals surface area contributed by atoms with E-state index in [1.807, 2.05) is 6.33 Å². The van der Waals surface area contributed by atoms with Crippen LogP contribution in [0.1, 0.15) is 82.8 Å². The van der Waals surface area contributed by atoms with Crippen LogP contribution in [0.5, 0.6) is 5.88 Å². The quantitative estimate of drug-likeness (QED) is 0.582. The Morgan fingerprint density at radius 3 is 2.65 bits per heavy atom. The number of aromatic nitrogens is 2. The number of hydrogen-bond donors (Lipinski definition) is 1. The van der Waals surface area contributed by atoms with Crippen molar-refractivity contribution in [1.82, 2.24) is 9.97 Å². The van der Waals surface area contributed by atoms with Crippen molar-refractivity contribution >= 4 is 0 Å². The Morgan fingerprint density at radius 2 is 1.87 bits per heavy atom. The van der Waals surface area contributed by atoms with Crippen LogP contribution >= 0.6 is 0 Å². The van der Waals surface area contributed by atoms with E-state index >= 15 is 0 Å². The number of aromatic amines is 1. The maximum absolute atomic E-state index is 6.61. The van der Waals surface area contributed by atoms with Crippen LogP contribution in [-0.2, 0) is 17.6 Å². The van der Waals surface area contributed by atoms with E-state index in [0.717, 1.165) is 42.8 Å². The largest absolute Gasteiger partial charge is 0.474 e. The predicted octanol–water partition coefficient (Wildman–Crippen LogP) is 6.42. The van der Waals surface area contributed by atoms with E-state index in [0.29, 0.717) is 6.10 Å². The third kappa shape index (κ3) is 4.65. The highest BCUT2D eigenvalue weighted by atomic mass is 16.5. The van der Waals surface area contributed by atoms with Gasteiger partial charge in [-0.2, -0.15) is 0 Å². The molecule has 1 unspecified atom stereocenters. The van der Waals surface area contributed by atoms with Gasteiger partial charge in [0.2, 0.25) is 5.88 Å². The van der Waals surface area contributed by atoms with Gasteiger partial charge in [0.15, 0.2) is 0 Å². The van der Waals surface area contributed by atoms with Gasteiger partial charge in [-0.05, 0) is 105 Å². The first-order valence-corrected chi connectivity index (χ1v) is 12.9. The minimum Gasteiger partial charge on any atom is -0.474 e. The van der Waals surface area contributed by atoms with Crippen LogP contribution in [0.4, 0.5) is 0 Å². The highest BCUT2D eigenvalue weighted by molar-refractivity contribution is 5.75. The van der Waals surface area contributed by atoms with E-state index in [2.05, 4.69) is 24.9 Å². The maximum Gasteiger partial charge on any atom is 0.224 e. The van der Waals surface area contributed by atoms with Gasteiger partial charge < -0.3 is 14.5 Å². The zero-order valence-electron chi connectivity index (χ0n) is 19.5. The number of nitrogens with zero attached hydrogens (tertiary/aromatic N) is 1. The average Bonchev–Trinajstić information content (AvgIpc) is 3.19. The summed E-state index contributed by atoms with van der Waals surface area (Å²) in [6.07, 6.45) is 15.9. The first-order valence-electron chi connectivity index (χ1n) is 12.9. The van der Waals surface area contributed by atoms with E-state index in [4.69, 9.17) is 14.5 Å². The highest BCUT2D eigenvalue weighted by Crippen LogP contribution is 2.44. The van der Waals surface area contributed by atoms with Gasteiger partial charge in [0, 0.05) is 13.2 Å². The number of nitrogens with one attached hydrogen (secondary N) is 1. The van der Waals surface area contributed by atoms with Crippen molar-refractivity contribution < 1.29 is 9.47 Å². The topological polar surface area (TPSA) is 47.1 Å². The molecule has 4 heteroatoms. The Labute approximate surface area is 187 Å². The molecule has 5 aliphatic rings. The van der Waals surface area contributed by atoms with Crippen molar-refractivity contribution in [3.05, 3.63) is 23.5 Å². The molecule has 0 bridgehead atoms. The fraction of sp³-hybridized carbons (Fsp3) is 0.741. The predicted molar refractivity (Wildman–Crippen MR) is 125 cm³/mol. The molecule has 0 aromatic rings. The van der Waals surface area contributed by atoms with Crippen LogP contribution in [0, 0.1) is 23.7 Å². The van der Waals surface area contributed by atoms with E-state index in [1.165, 1.54) is 93.0 Å². The molecule has 5 rings (SSSR count). The molecule has 1 N–H and O–H groups in total. The fourth-order valence-corrected chi connectivity index (χ4v) is 6.50. The van der Waals surface area contributed by atoms with Crippen molar-refractivity contribution in [2.45, 2.75) is 90.6 Å². The molecule has 31 heavy (non-hydrogen) atoms. The van der Waals surface area contributed by atoms with Crippen LogP contribution < -0.4 is 4.74 Å². The standard InChI is InChI=1S/C27H40N2O2/c1-3-18(2)14-19-4-5-22-16-25-26(24(22)15-19)27(29-17-28-25)31-23-8-6-20(7-9-23)21-10-12-30-13-11-21/h16-21,23H,3-15H2,1-2H3,(H,28,29)/t18?,19-,20?,23?/m0/s1. The Hall–Kier alpha value is -1.55. The van der Waals surface area contributed by atoms with Gasteiger partial charge in [-0.3, -0.25) is 0 Å². The molecule has 0 amide bonds.